The third-order valence-electron chi connectivity index (χ3n) is 3.24. The standard InChI is InChI=1S/C20H34O8/c1-7-21-19(22-8-2,23-9-3)27-17-13-15-18(16-14-17)28-20(24-10-4,25-11-5)26-12-6/h13-16H,7-12H2,1-6H3. The Morgan fingerprint density at radius 1 is 0.464 bits per heavy atom. The van der Waals surface area contributed by atoms with E-state index < -0.39 is 12.3 Å². The smallest absolute Gasteiger partial charge is 0.416 e. The summed E-state index contributed by atoms with van der Waals surface area (Å²) in [4.78, 5) is 0. The zero-order valence-corrected chi connectivity index (χ0v) is 17.8. The zero-order chi connectivity index (χ0) is 20.9. The summed E-state index contributed by atoms with van der Waals surface area (Å²) in [5, 5.41) is 0. The van der Waals surface area contributed by atoms with Crippen LogP contribution in [0.3, 0.4) is 0 Å². The summed E-state index contributed by atoms with van der Waals surface area (Å²) < 4.78 is 45.0. The molecule has 0 saturated carbocycles. The fourth-order valence-corrected chi connectivity index (χ4v) is 2.35. The predicted octanol–water partition coefficient (Wildman–Crippen LogP) is 3.89. The van der Waals surface area contributed by atoms with Crippen molar-refractivity contribution in [1.29, 1.82) is 0 Å². The van der Waals surface area contributed by atoms with Crippen molar-refractivity contribution < 1.29 is 37.9 Å². The number of ether oxygens (including phenoxy) is 8. The van der Waals surface area contributed by atoms with E-state index in [1.165, 1.54) is 0 Å². The molecule has 0 spiro atoms. The fraction of sp³-hybridized carbons (Fsp3) is 0.700. The second-order valence-corrected chi connectivity index (χ2v) is 5.27. The van der Waals surface area contributed by atoms with Gasteiger partial charge in [0.1, 0.15) is 11.5 Å². The Bertz CT molecular complexity index is 438. The summed E-state index contributed by atoms with van der Waals surface area (Å²) in [7, 11) is 0. The minimum absolute atomic E-state index is 0.362. The van der Waals surface area contributed by atoms with Crippen LogP contribution >= 0.6 is 0 Å². The Balaban J connectivity index is 2.95. The topological polar surface area (TPSA) is 73.8 Å². The summed E-state index contributed by atoms with van der Waals surface area (Å²) in [5.74, 6) is 0.968. The van der Waals surface area contributed by atoms with Crippen LogP contribution < -0.4 is 9.47 Å². The van der Waals surface area contributed by atoms with Gasteiger partial charge in [0.25, 0.3) is 0 Å². The van der Waals surface area contributed by atoms with Crippen molar-refractivity contribution in [3.8, 4) is 11.5 Å². The van der Waals surface area contributed by atoms with Gasteiger partial charge in [-0.25, -0.2) is 0 Å². The van der Waals surface area contributed by atoms with Gasteiger partial charge in [-0.15, -0.1) is 0 Å². The molecule has 0 N–H and O–H groups in total. The van der Waals surface area contributed by atoms with Crippen molar-refractivity contribution in [2.45, 2.75) is 53.9 Å². The van der Waals surface area contributed by atoms with Crippen molar-refractivity contribution in [1.82, 2.24) is 0 Å². The van der Waals surface area contributed by atoms with E-state index in [0.29, 0.717) is 51.1 Å². The van der Waals surface area contributed by atoms with Crippen LogP contribution in [-0.4, -0.2) is 52.0 Å². The summed E-state index contributed by atoms with van der Waals surface area (Å²) in [6.45, 7) is 13.2. The van der Waals surface area contributed by atoms with Gasteiger partial charge in [-0.05, 0) is 65.8 Å². The van der Waals surface area contributed by atoms with Crippen LogP contribution in [0, 0.1) is 0 Å². The van der Waals surface area contributed by atoms with Gasteiger partial charge in [-0.1, -0.05) is 0 Å². The van der Waals surface area contributed by atoms with Crippen LogP contribution in [-0.2, 0) is 28.4 Å². The number of hydrogen-bond acceptors (Lipinski definition) is 8. The Kier molecular flexibility index (Phi) is 11.4. The average molecular weight is 402 g/mol. The zero-order valence-electron chi connectivity index (χ0n) is 17.8. The number of hydrogen-bond donors (Lipinski definition) is 0. The van der Waals surface area contributed by atoms with E-state index in [-0.39, 0.29) is 0 Å². The molecule has 1 aromatic rings. The first-order valence-electron chi connectivity index (χ1n) is 9.84. The van der Waals surface area contributed by atoms with Gasteiger partial charge < -0.3 is 9.47 Å². The lowest BCUT2D eigenvalue weighted by Crippen LogP contribution is -2.45. The summed E-state index contributed by atoms with van der Waals surface area (Å²) in [6, 6.07) is 6.82. The Morgan fingerprint density at radius 2 is 0.679 bits per heavy atom. The summed E-state index contributed by atoms with van der Waals surface area (Å²) in [6.07, 6.45) is -3.18. The number of rotatable bonds is 16. The highest BCUT2D eigenvalue weighted by atomic mass is 17.0. The van der Waals surface area contributed by atoms with Crippen LogP contribution in [0.1, 0.15) is 41.5 Å². The van der Waals surface area contributed by atoms with Crippen LogP contribution in [0.25, 0.3) is 0 Å². The first-order valence-corrected chi connectivity index (χ1v) is 9.84. The van der Waals surface area contributed by atoms with Crippen LogP contribution in [0.2, 0.25) is 0 Å². The fourth-order valence-electron chi connectivity index (χ4n) is 2.35. The van der Waals surface area contributed by atoms with E-state index in [2.05, 4.69) is 0 Å². The molecule has 8 heteroatoms. The molecule has 0 radical (unpaired) electrons. The van der Waals surface area contributed by atoms with E-state index >= 15 is 0 Å². The van der Waals surface area contributed by atoms with Gasteiger partial charge in [0.05, 0.1) is 39.6 Å². The molecule has 0 unspecified atom stereocenters. The van der Waals surface area contributed by atoms with E-state index in [9.17, 15) is 0 Å². The van der Waals surface area contributed by atoms with Crippen molar-refractivity contribution in [2.24, 2.45) is 0 Å². The lowest BCUT2D eigenvalue weighted by Gasteiger charge is -2.32. The molecule has 0 aliphatic carbocycles. The van der Waals surface area contributed by atoms with E-state index in [0.717, 1.165) is 0 Å². The molecule has 0 bridgehead atoms. The summed E-state index contributed by atoms with van der Waals surface area (Å²) in [5.41, 5.74) is 0. The van der Waals surface area contributed by atoms with Gasteiger partial charge in [-0.3, -0.25) is 28.4 Å². The molecule has 0 fully saturated rings. The second-order valence-electron chi connectivity index (χ2n) is 5.27. The maximum atomic E-state index is 5.83. The van der Waals surface area contributed by atoms with Crippen molar-refractivity contribution >= 4 is 0 Å². The molecule has 0 aliphatic rings. The Labute approximate surface area is 167 Å². The molecular weight excluding hydrogens is 368 g/mol. The van der Waals surface area contributed by atoms with Crippen LogP contribution in [0.4, 0.5) is 0 Å². The van der Waals surface area contributed by atoms with Crippen LogP contribution in [0.5, 0.6) is 11.5 Å². The van der Waals surface area contributed by atoms with Gasteiger partial charge in [0.15, 0.2) is 0 Å². The quantitative estimate of drug-likeness (QED) is 0.386. The average Bonchev–Trinajstić information content (AvgIpc) is 2.65. The molecule has 0 heterocycles. The molecule has 1 aromatic carbocycles. The van der Waals surface area contributed by atoms with E-state index in [4.69, 9.17) is 37.9 Å². The first-order chi connectivity index (χ1) is 13.5. The molecule has 0 saturated heterocycles. The molecule has 0 amide bonds. The van der Waals surface area contributed by atoms with Gasteiger partial charge in [-0.2, -0.15) is 0 Å². The highest BCUT2D eigenvalue weighted by Crippen LogP contribution is 2.28. The Hall–Kier alpha value is -1.42. The van der Waals surface area contributed by atoms with Gasteiger partial charge >= 0.3 is 12.3 Å². The second kappa shape index (κ2) is 12.9. The number of benzene rings is 1. The molecule has 0 atom stereocenters. The lowest BCUT2D eigenvalue weighted by molar-refractivity contribution is -0.468. The molecule has 0 aromatic heterocycles. The van der Waals surface area contributed by atoms with Crippen molar-refractivity contribution in [2.75, 3.05) is 39.6 Å². The Morgan fingerprint density at radius 3 is 0.857 bits per heavy atom. The van der Waals surface area contributed by atoms with E-state index in [1.54, 1.807) is 24.3 Å². The maximum absolute atomic E-state index is 5.83. The third-order valence-corrected chi connectivity index (χ3v) is 3.24. The maximum Gasteiger partial charge on any atom is 0.460 e. The minimum atomic E-state index is -1.59. The molecule has 8 nitrogen and oxygen atoms in total. The SMILES string of the molecule is CCOC(OCC)(OCC)Oc1ccc(OC(OCC)(OCC)OCC)cc1. The summed E-state index contributed by atoms with van der Waals surface area (Å²) >= 11 is 0. The predicted molar refractivity (Wildman–Crippen MR) is 103 cm³/mol. The van der Waals surface area contributed by atoms with Crippen molar-refractivity contribution in [3.05, 3.63) is 24.3 Å². The van der Waals surface area contributed by atoms with Crippen molar-refractivity contribution in [3.63, 3.8) is 0 Å². The van der Waals surface area contributed by atoms with E-state index in [1.807, 2.05) is 41.5 Å². The lowest BCUT2D eigenvalue weighted by atomic mass is 10.3. The normalized spacial score (nSPS) is 12.2. The van der Waals surface area contributed by atoms with Crippen LogP contribution in [0.15, 0.2) is 24.3 Å². The highest BCUT2D eigenvalue weighted by Gasteiger charge is 2.38. The van der Waals surface area contributed by atoms with Gasteiger partial charge in [0, 0.05) is 0 Å². The van der Waals surface area contributed by atoms with Gasteiger partial charge in [0.2, 0.25) is 0 Å². The molecular formula is C20H34O8. The minimum Gasteiger partial charge on any atom is -0.416 e. The molecule has 1 rings (SSSR count). The largest absolute Gasteiger partial charge is 0.460 e. The monoisotopic (exact) mass is 402 g/mol. The molecule has 28 heavy (non-hydrogen) atoms. The first kappa shape index (κ1) is 24.6. The molecule has 162 valence electrons. The molecule has 0 aliphatic heterocycles. The highest BCUT2D eigenvalue weighted by molar-refractivity contribution is 5.31. The third kappa shape index (κ3) is 7.54.